The van der Waals surface area contributed by atoms with Gasteiger partial charge in [-0.25, -0.2) is 4.98 Å². The molecule has 0 radical (unpaired) electrons. The maximum absolute atomic E-state index is 8.77. The van der Waals surface area contributed by atoms with Crippen molar-refractivity contribution in [3.8, 4) is 0 Å². The van der Waals surface area contributed by atoms with Gasteiger partial charge in [0.25, 0.3) is 0 Å². The standard InChI is InChI=1S/C9H9NO2/c1-6-3-2-4-7-9(6)12-8(5-11)10-7/h2-4,11H,5H2,1H3. The van der Waals surface area contributed by atoms with Crippen molar-refractivity contribution in [1.82, 2.24) is 4.98 Å². The van der Waals surface area contributed by atoms with Crippen molar-refractivity contribution in [2.75, 3.05) is 0 Å². The number of aryl methyl sites for hydroxylation is 1. The monoisotopic (exact) mass is 163 g/mol. The van der Waals surface area contributed by atoms with Gasteiger partial charge in [0.15, 0.2) is 5.58 Å². The summed E-state index contributed by atoms with van der Waals surface area (Å²) in [7, 11) is 0. The van der Waals surface area contributed by atoms with E-state index in [0.717, 1.165) is 16.7 Å². The number of aliphatic hydroxyl groups is 1. The van der Waals surface area contributed by atoms with E-state index in [1.807, 2.05) is 25.1 Å². The minimum absolute atomic E-state index is 0.145. The molecule has 3 nitrogen and oxygen atoms in total. The van der Waals surface area contributed by atoms with Gasteiger partial charge in [-0.3, -0.25) is 0 Å². The van der Waals surface area contributed by atoms with Gasteiger partial charge in [0, 0.05) is 0 Å². The molecule has 0 unspecified atom stereocenters. The highest BCUT2D eigenvalue weighted by molar-refractivity contribution is 5.75. The molecule has 0 bridgehead atoms. The van der Waals surface area contributed by atoms with Crippen LogP contribution < -0.4 is 0 Å². The van der Waals surface area contributed by atoms with Crippen LogP contribution >= 0.6 is 0 Å². The summed E-state index contributed by atoms with van der Waals surface area (Å²) in [4.78, 5) is 4.08. The molecule has 0 amide bonds. The fourth-order valence-corrected chi connectivity index (χ4v) is 1.20. The van der Waals surface area contributed by atoms with Crippen LogP contribution in [-0.4, -0.2) is 10.1 Å². The van der Waals surface area contributed by atoms with Crippen LogP contribution in [0.15, 0.2) is 22.6 Å². The number of para-hydroxylation sites is 1. The topological polar surface area (TPSA) is 46.3 Å². The first kappa shape index (κ1) is 7.31. The summed E-state index contributed by atoms with van der Waals surface area (Å²) in [6.45, 7) is 1.81. The summed E-state index contributed by atoms with van der Waals surface area (Å²) >= 11 is 0. The molecule has 0 atom stereocenters. The second kappa shape index (κ2) is 2.60. The Hall–Kier alpha value is -1.35. The van der Waals surface area contributed by atoms with E-state index in [-0.39, 0.29) is 6.61 Å². The second-order valence-corrected chi connectivity index (χ2v) is 2.69. The van der Waals surface area contributed by atoms with Crippen LogP contribution in [0.1, 0.15) is 11.5 Å². The normalized spacial score (nSPS) is 10.8. The molecule has 1 N–H and O–H groups in total. The lowest BCUT2D eigenvalue weighted by Gasteiger charge is -1.89. The van der Waals surface area contributed by atoms with Gasteiger partial charge in [-0.15, -0.1) is 0 Å². The van der Waals surface area contributed by atoms with E-state index in [9.17, 15) is 0 Å². The first-order valence-electron chi connectivity index (χ1n) is 3.77. The number of aromatic nitrogens is 1. The maximum atomic E-state index is 8.77. The molecule has 62 valence electrons. The Morgan fingerprint density at radius 2 is 2.33 bits per heavy atom. The lowest BCUT2D eigenvalue weighted by molar-refractivity contribution is 0.244. The molecule has 1 aromatic heterocycles. The SMILES string of the molecule is Cc1cccc2nc(CO)oc12. The average molecular weight is 163 g/mol. The molecular formula is C9H9NO2. The maximum Gasteiger partial charge on any atom is 0.221 e. The summed E-state index contributed by atoms with van der Waals surface area (Å²) in [6.07, 6.45) is 0. The number of fused-ring (bicyclic) bond motifs is 1. The predicted octanol–water partition coefficient (Wildman–Crippen LogP) is 1.63. The Balaban J connectivity index is 2.74. The molecular weight excluding hydrogens is 154 g/mol. The quantitative estimate of drug-likeness (QED) is 0.695. The Morgan fingerprint density at radius 3 is 3.00 bits per heavy atom. The zero-order valence-electron chi connectivity index (χ0n) is 6.74. The number of benzene rings is 1. The van der Waals surface area contributed by atoms with Crippen LogP contribution in [0.5, 0.6) is 0 Å². The van der Waals surface area contributed by atoms with Crippen molar-refractivity contribution in [2.24, 2.45) is 0 Å². The smallest absolute Gasteiger partial charge is 0.221 e. The van der Waals surface area contributed by atoms with Crippen LogP contribution in [0.25, 0.3) is 11.1 Å². The molecule has 0 aliphatic heterocycles. The molecule has 0 fully saturated rings. The van der Waals surface area contributed by atoms with E-state index in [1.54, 1.807) is 0 Å². The van der Waals surface area contributed by atoms with E-state index in [2.05, 4.69) is 4.98 Å². The van der Waals surface area contributed by atoms with Crippen LogP contribution in [0, 0.1) is 6.92 Å². The number of aliphatic hydroxyl groups excluding tert-OH is 1. The molecule has 1 aromatic carbocycles. The Bertz CT molecular complexity index is 406. The van der Waals surface area contributed by atoms with Crippen LogP contribution in [0.3, 0.4) is 0 Å². The fraction of sp³-hybridized carbons (Fsp3) is 0.222. The number of hydrogen-bond donors (Lipinski definition) is 1. The van der Waals surface area contributed by atoms with Gasteiger partial charge in [0.05, 0.1) is 0 Å². The molecule has 0 aliphatic rings. The summed E-state index contributed by atoms with van der Waals surface area (Å²) in [6, 6.07) is 5.74. The van der Waals surface area contributed by atoms with Gasteiger partial charge in [0.1, 0.15) is 12.1 Å². The van der Waals surface area contributed by atoms with Gasteiger partial charge in [-0.2, -0.15) is 0 Å². The molecule has 1 heterocycles. The van der Waals surface area contributed by atoms with Gasteiger partial charge < -0.3 is 9.52 Å². The second-order valence-electron chi connectivity index (χ2n) is 2.69. The molecule has 3 heteroatoms. The van der Waals surface area contributed by atoms with Crippen molar-refractivity contribution in [3.05, 3.63) is 29.7 Å². The molecule has 0 aliphatic carbocycles. The summed E-state index contributed by atoms with van der Waals surface area (Å²) in [5.74, 6) is 0.374. The highest BCUT2D eigenvalue weighted by atomic mass is 16.4. The van der Waals surface area contributed by atoms with Crippen molar-refractivity contribution < 1.29 is 9.52 Å². The molecule has 0 spiro atoms. The highest BCUT2D eigenvalue weighted by Gasteiger charge is 2.05. The number of nitrogens with zero attached hydrogens (tertiary/aromatic N) is 1. The summed E-state index contributed by atoms with van der Waals surface area (Å²) < 4.78 is 5.29. The zero-order chi connectivity index (χ0) is 8.55. The Morgan fingerprint density at radius 1 is 1.50 bits per heavy atom. The van der Waals surface area contributed by atoms with Gasteiger partial charge in [-0.05, 0) is 18.6 Å². The molecule has 0 saturated carbocycles. The zero-order valence-corrected chi connectivity index (χ0v) is 6.74. The van der Waals surface area contributed by atoms with E-state index in [4.69, 9.17) is 9.52 Å². The van der Waals surface area contributed by atoms with E-state index >= 15 is 0 Å². The molecule has 2 rings (SSSR count). The number of hydrogen-bond acceptors (Lipinski definition) is 3. The average Bonchev–Trinajstić information content (AvgIpc) is 2.49. The van der Waals surface area contributed by atoms with Crippen LogP contribution in [0.2, 0.25) is 0 Å². The largest absolute Gasteiger partial charge is 0.438 e. The Kier molecular flexibility index (Phi) is 1.59. The predicted molar refractivity (Wildman–Crippen MR) is 44.7 cm³/mol. The Labute approximate surface area is 69.7 Å². The third-order valence-corrected chi connectivity index (χ3v) is 1.79. The number of oxazole rings is 1. The lowest BCUT2D eigenvalue weighted by Crippen LogP contribution is -1.78. The van der Waals surface area contributed by atoms with E-state index in [1.165, 1.54) is 0 Å². The van der Waals surface area contributed by atoms with E-state index < -0.39 is 0 Å². The molecule has 2 aromatic rings. The molecule has 0 saturated heterocycles. The fourth-order valence-electron chi connectivity index (χ4n) is 1.20. The highest BCUT2D eigenvalue weighted by Crippen LogP contribution is 2.18. The van der Waals surface area contributed by atoms with Gasteiger partial charge in [-0.1, -0.05) is 12.1 Å². The summed E-state index contributed by atoms with van der Waals surface area (Å²) in [5.41, 5.74) is 2.61. The van der Waals surface area contributed by atoms with Crippen molar-refractivity contribution in [3.63, 3.8) is 0 Å². The van der Waals surface area contributed by atoms with Crippen molar-refractivity contribution in [1.29, 1.82) is 0 Å². The van der Waals surface area contributed by atoms with Crippen molar-refractivity contribution in [2.45, 2.75) is 13.5 Å². The van der Waals surface area contributed by atoms with Crippen LogP contribution in [0.4, 0.5) is 0 Å². The first-order valence-corrected chi connectivity index (χ1v) is 3.77. The summed E-state index contributed by atoms with van der Waals surface area (Å²) in [5, 5.41) is 8.77. The minimum atomic E-state index is -0.145. The number of rotatable bonds is 1. The van der Waals surface area contributed by atoms with Crippen molar-refractivity contribution >= 4 is 11.1 Å². The third kappa shape index (κ3) is 0.987. The van der Waals surface area contributed by atoms with Crippen LogP contribution in [-0.2, 0) is 6.61 Å². The minimum Gasteiger partial charge on any atom is -0.438 e. The van der Waals surface area contributed by atoms with Gasteiger partial charge >= 0.3 is 0 Å². The lowest BCUT2D eigenvalue weighted by atomic mass is 10.2. The first-order chi connectivity index (χ1) is 5.81. The van der Waals surface area contributed by atoms with E-state index in [0.29, 0.717) is 5.89 Å². The van der Waals surface area contributed by atoms with Gasteiger partial charge in [0.2, 0.25) is 5.89 Å². The third-order valence-electron chi connectivity index (χ3n) is 1.79. The molecule has 12 heavy (non-hydrogen) atoms.